The molecule has 0 saturated carbocycles. The highest BCUT2D eigenvalue weighted by Gasteiger charge is 1.98. The van der Waals surface area contributed by atoms with Crippen molar-refractivity contribution in [2.45, 2.75) is 149 Å². The monoisotopic (exact) mass is 721 g/mol. The third-order valence-electron chi connectivity index (χ3n) is 8.51. The molecule has 0 fully saturated rings. The summed E-state index contributed by atoms with van der Waals surface area (Å²) in [6.45, 7) is 15.5. The minimum Gasteiger partial charge on any atom is -0.379 e. The molecule has 0 rings (SSSR count). The molecular weight excluding hydrogens is 636 g/mol. The van der Waals surface area contributed by atoms with Gasteiger partial charge in [0, 0.05) is 13.2 Å². The molecule has 0 aromatic heterocycles. The van der Waals surface area contributed by atoms with Crippen molar-refractivity contribution in [1.82, 2.24) is 0 Å². The van der Waals surface area contributed by atoms with Gasteiger partial charge in [0.05, 0.1) is 106 Å². The molecule has 0 aliphatic heterocycles. The Kier molecular flexibility index (Phi) is 48.3. The Morgan fingerprint density at radius 1 is 0.160 bits per heavy atom. The molecular formula is C41H84O9. The van der Waals surface area contributed by atoms with Gasteiger partial charge in [-0.3, -0.25) is 0 Å². The molecule has 0 heterocycles. The van der Waals surface area contributed by atoms with Crippen LogP contribution >= 0.6 is 0 Å². The maximum absolute atomic E-state index is 5.67. The van der Waals surface area contributed by atoms with E-state index < -0.39 is 0 Å². The summed E-state index contributed by atoms with van der Waals surface area (Å²) < 4.78 is 50.1. The van der Waals surface area contributed by atoms with Gasteiger partial charge < -0.3 is 42.6 Å². The zero-order valence-corrected chi connectivity index (χ0v) is 33.3. The molecule has 302 valence electrons. The summed E-state index contributed by atoms with van der Waals surface area (Å²) in [4.78, 5) is 0. The van der Waals surface area contributed by atoms with Crippen LogP contribution in [0.5, 0.6) is 0 Å². The van der Waals surface area contributed by atoms with Crippen molar-refractivity contribution in [2.24, 2.45) is 0 Å². The van der Waals surface area contributed by atoms with E-state index in [-0.39, 0.29) is 0 Å². The first-order valence-corrected chi connectivity index (χ1v) is 21.1. The van der Waals surface area contributed by atoms with Crippen LogP contribution in [-0.2, 0) is 42.6 Å². The Balaban J connectivity index is 3.04. The van der Waals surface area contributed by atoms with Gasteiger partial charge in [-0.2, -0.15) is 0 Å². The maximum Gasteiger partial charge on any atom is 0.0701 e. The molecule has 0 atom stereocenters. The summed E-state index contributed by atoms with van der Waals surface area (Å²) in [6, 6.07) is 0. The van der Waals surface area contributed by atoms with Gasteiger partial charge in [-0.1, -0.05) is 136 Å². The summed E-state index contributed by atoms with van der Waals surface area (Å²) in [5.74, 6) is 0. The van der Waals surface area contributed by atoms with Gasteiger partial charge in [-0.05, 0) is 12.8 Å². The Bertz CT molecular complexity index is 522. The van der Waals surface area contributed by atoms with E-state index in [4.69, 9.17) is 42.6 Å². The smallest absolute Gasteiger partial charge is 0.0701 e. The van der Waals surface area contributed by atoms with Gasteiger partial charge in [0.15, 0.2) is 0 Å². The number of hydrogen-bond acceptors (Lipinski definition) is 9. The first-order valence-electron chi connectivity index (χ1n) is 21.1. The fourth-order valence-corrected chi connectivity index (χ4v) is 5.42. The average Bonchev–Trinajstić information content (AvgIpc) is 3.13. The van der Waals surface area contributed by atoms with Crippen LogP contribution in [0.25, 0.3) is 0 Å². The van der Waals surface area contributed by atoms with Gasteiger partial charge in [-0.15, -0.1) is 0 Å². The van der Waals surface area contributed by atoms with E-state index in [1.54, 1.807) is 0 Å². The highest BCUT2D eigenvalue weighted by molar-refractivity contribution is 4.49. The predicted octanol–water partition coefficient (Wildman–Crippen LogP) is 9.37. The summed E-state index contributed by atoms with van der Waals surface area (Å²) in [7, 11) is 0. The molecule has 0 saturated heterocycles. The van der Waals surface area contributed by atoms with Crippen LogP contribution in [0, 0.1) is 0 Å². The molecule has 0 aliphatic carbocycles. The molecule has 0 aliphatic rings. The quantitative estimate of drug-likeness (QED) is 0.0571. The van der Waals surface area contributed by atoms with Gasteiger partial charge in [0.25, 0.3) is 0 Å². The lowest BCUT2D eigenvalue weighted by molar-refractivity contribution is -0.0250. The molecule has 50 heavy (non-hydrogen) atoms. The highest BCUT2D eigenvalue weighted by Crippen LogP contribution is 2.12. The highest BCUT2D eigenvalue weighted by atomic mass is 16.6. The van der Waals surface area contributed by atoms with Crippen molar-refractivity contribution in [3.8, 4) is 0 Å². The topological polar surface area (TPSA) is 83.1 Å². The zero-order chi connectivity index (χ0) is 35.9. The van der Waals surface area contributed by atoms with Crippen LogP contribution in [0.2, 0.25) is 0 Å². The van der Waals surface area contributed by atoms with Crippen LogP contribution in [0.4, 0.5) is 0 Å². The van der Waals surface area contributed by atoms with Crippen LogP contribution in [0.1, 0.15) is 149 Å². The summed E-state index contributed by atoms with van der Waals surface area (Å²) >= 11 is 0. The van der Waals surface area contributed by atoms with Crippen molar-refractivity contribution in [3.63, 3.8) is 0 Å². The second-order valence-corrected chi connectivity index (χ2v) is 13.2. The first kappa shape index (κ1) is 49.6. The predicted molar refractivity (Wildman–Crippen MR) is 206 cm³/mol. The lowest BCUT2D eigenvalue weighted by atomic mass is 10.1. The van der Waals surface area contributed by atoms with Crippen molar-refractivity contribution in [1.29, 1.82) is 0 Å². The third-order valence-corrected chi connectivity index (χ3v) is 8.51. The lowest BCUT2D eigenvalue weighted by Crippen LogP contribution is -2.15. The van der Waals surface area contributed by atoms with E-state index in [1.807, 2.05) is 0 Å². The Labute approximate surface area is 309 Å². The molecule has 0 radical (unpaired) electrons. The molecule has 0 aromatic carbocycles. The number of rotatable bonds is 47. The number of ether oxygens (including phenoxy) is 9. The summed E-state index contributed by atoms with van der Waals surface area (Å²) in [5, 5.41) is 0. The molecule has 0 bridgehead atoms. The SMILES string of the molecule is CCCCCCCCCCCCCOCCOCCOCCOCCOCCOCCOCCOCCOCCCCCCCCCCCC. The second kappa shape index (κ2) is 48.6. The second-order valence-electron chi connectivity index (χ2n) is 13.2. The van der Waals surface area contributed by atoms with E-state index in [0.717, 1.165) is 26.1 Å². The molecule has 9 nitrogen and oxygen atoms in total. The molecule has 9 heteroatoms. The maximum atomic E-state index is 5.67. The Hall–Kier alpha value is -0.360. The van der Waals surface area contributed by atoms with Crippen LogP contribution in [0.3, 0.4) is 0 Å². The molecule has 0 N–H and O–H groups in total. The number of unbranched alkanes of at least 4 members (excludes halogenated alkanes) is 19. The van der Waals surface area contributed by atoms with Crippen molar-refractivity contribution >= 4 is 0 Å². The molecule has 0 aromatic rings. The molecule has 0 spiro atoms. The standard InChI is InChI=1S/C41H84O9/c1-3-5-7-9-11-13-15-17-19-21-23-25-43-27-29-45-31-33-47-35-37-49-39-41-50-40-38-48-36-34-46-32-30-44-28-26-42-24-22-20-18-16-14-12-10-8-6-4-2/h3-41H2,1-2H3. The zero-order valence-electron chi connectivity index (χ0n) is 33.3. The van der Waals surface area contributed by atoms with Gasteiger partial charge in [0.2, 0.25) is 0 Å². The Morgan fingerprint density at radius 2 is 0.300 bits per heavy atom. The van der Waals surface area contributed by atoms with Gasteiger partial charge in [0.1, 0.15) is 0 Å². The van der Waals surface area contributed by atoms with E-state index in [2.05, 4.69) is 13.8 Å². The minimum atomic E-state index is 0.544. The van der Waals surface area contributed by atoms with Crippen LogP contribution < -0.4 is 0 Å². The van der Waals surface area contributed by atoms with E-state index >= 15 is 0 Å². The summed E-state index contributed by atoms with van der Waals surface area (Å²) in [6.07, 6.45) is 28.4. The van der Waals surface area contributed by atoms with E-state index in [9.17, 15) is 0 Å². The minimum absolute atomic E-state index is 0.544. The van der Waals surface area contributed by atoms with Crippen molar-refractivity contribution < 1.29 is 42.6 Å². The van der Waals surface area contributed by atoms with E-state index in [0.29, 0.717) is 106 Å². The fraction of sp³-hybridized carbons (Fsp3) is 1.00. The Morgan fingerprint density at radius 3 is 0.480 bits per heavy atom. The summed E-state index contributed by atoms with van der Waals surface area (Å²) in [5.41, 5.74) is 0. The largest absolute Gasteiger partial charge is 0.379 e. The fourth-order valence-electron chi connectivity index (χ4n) is 5.42. The third kappa shape index (κ3) is 47.6. The van der Waals surface area contributed by atoms with Crippen molar-refractivity contribution in [2.75, 3.05) is 119 Å². The molecule has 0 unspecified atom stereocenters. The van der Waals surface area contributed by atoms with E-state index in [1.165, 1.54) is 122 Å². The van der Waals surface area contributed by atoms with Crippen LogP contribution in [0.15, 0.2) is 0 Å². The van der Waals surface area contributed by atoms with Crippen molar-refractivity contribution in [3.05, 3.63) is 0 Å². The normalized spacial score (nSPS) is 11.6. The lowest BCUT2D eigenvalue weighted by Gasteiger charge is -2.09. The van der Waals surface area contributed by atoms with Gasteiger partial charge >= 0.3 is 0 Å². The average molecular weight is 721 g/mol. The number of hydrogen-bond donors (Lipinski definition) is 0. The van der Waals surface area contributed by atoms with Crippen LogP contribution in [-0.4, -0.2) is 119 Å². The first-order chi connectivity index (χ1) is 24.9. The molecule has 0 amide bonds. The van der Waals surface area contributed by atoms with Gasteiger partial charge in [-0.25, -0.2) is 0 Å².